The topological polar surface area (TPSA) is 59.6 Å². The Kier molecular flexibility index (Phi) is 4.60. The Hall–Kier alpha value is -2.05. The summed E-state index contributed by atoms with van der Waals surface area (Å²) in [5.74, 6) is 1.64. The molecule has 0 unspecified atom stereocenters. The first kappa shape index (κ1) is 14.9. The van der Waals surface area contributed by atoms with Gasteiger partial charge in [-0.15, -0.1) is 0 Å². The summed E-state index contributed by atoms with van der Waals surface area (Å²) in [5.41, 5.74) is 2.21. The molecule has 1 fully saturated rings. The number of rotatable bonds is 5. The van der Waals surface area contributed by atoms with Crippen LogP contribution in [0.4, 0.5) is 0 Å². The Morgan fingerprint density at radius 2 is 2.23 bits per heavy atom. The summed E-state index contributed by atoms with van der Waals surface area (Å²) in [5, 5.41) is 7.09. The van der Waals surface area contributed by atoms with Gasteiger partial charge in [-0.05, 0) is 12.1 Å². The predicted molar refractivity (Wildman–Crippen MR) is 82.1 cm³/mol. The van der Waals surface area contributed by atoms with E-state index in [0.29, 0.717) is 6.61 Å². The van der Waals surface area contributed by atoms with Gasteiger partial charge in [0, 0.05) is 30.9 Å². The Morgan fingerprint density at radius 1 is 1.32 bits per heavy atom. The fourth-order valence-electron chi connectivity index (χ4n) is 2.77. The van der Waals surface area contributed by atoms with Crippen molar-refractivity contribution in [1.29, 1.82) is 0 Å². The molecule has 22 heavy (non-hydrogen) atoms. The molecule has 6 heteroatoms. The van der Waals surface area contributed by atoms with Crippen molar-refractivity contribution >= 4 is 0 Å². The quantitative estimate of drug-likeness (QED) is 0.915. The van der Waals surface area contributed by atoms with Crippen molar-refractivity contribution in [3.05, 3.63) is 41.7 Å². The van der Waals surface area contributed by atoms with E-state index in [1.54, 1.807) is 20.4 Å². The molecule has 2 heterocycles. The lowest BCUT2D eigenvalue weighted by molar-refractivity contribution is -0.0145. The van der Waals surface area contributed by atoms with Gasteiger partial charge < -0.3 is 14.2 Å². The molecule has 118 valence electrons. The molecule has 1 aliphatic rings. The Balaban J connectivity index is 1.81. The van der Waals surface area contributed by atoms with Crippen LogP contribution >= 0.6 is 0 Å². The van der Waals surface area contributed by atoms with E-state index >= 15 is 0 Å². The summed E-state index contributed by atoms with van der Waals surface area (Å²) >= 11 is 0. The normalized spacial score (nSPS) is 19.1. The monoisotopic (exact) mass is 303 g/mol. The molecule has 6 nitrogen and oxygen atoms in total. The highest BCUT2D eigenvalue weighted by Gasteiger charge is 2.26. The van der Waals surface area contributed by atoms with E-state index in [0.717, 1.165) is 42.5 Å². The van der Waals surface area contributed by atoms with Crippen molar-refractivity contribution in [1.82, 2.24) is 15.1 Å². The fourth-order valence-corrected chi connectivity index (χ4v) is 2.77. The highest BCUT2D eigenvalue weighted by Crippen LogP contribution is 2.30. The first-order valence-corrected chi connectivity index (χ1v) is 7.34. The van der Waals surface area contributed by atoms with Crippen LogP contribution in [-0.2, 0) is 11.3 Å². The first-order valence-electron chi connectivity index (χ1n) is 7.34. The van der Waals surface area contributed by atoms with Crippen molar-refractivity contribution in [3.8, 4) is 11.5 Å². The van der Waals surface area contributed by atoms with E-state index in [2.05, 4.69) is 21.2 Å². The van der Waals surface area contributed by atoms with Gasteiger partial charge in [-0.3, -0.25) is 10.00 Å². The Morgan fingerprint density at radius 3 is 2.95 bits per heavy atom. The Bertz CT molecular complexity index is 601. The van der Waals surface area contributed by atoms with Gasteiger partial charge in [0.1, 0.15) is 11.5 Å². The molecule has 0 amide bonds. The van der Waals surface area contributed by atoms with E-state index in [9.17, 15) is 0 Å². The van der Waals surface area contributed by atoms with Crippen molar-refractivity contribution in [2.45, 2.75) is 12.6 Å². The van der Waals surface area contributed by atoms with Crippen molar-refractivity contribution in [3.63, 3.8) is 0 Å². The van der Waals surface area contributed by atoms with E-state index in [-0.39, 0.29) is 6.04 Å². The predicted octanol–water partition coefficient (Wildman–Crippen LogP) is 2.00. The van der Waals surface area contributed by atoms with Gasteiger partial charge in [0.2, 0.25) is 0 Å². The number of aromatic amines is 1. The summed E-state index contributed by atoms with van der Waals surface area (Å²) in [6.07, 6.45) is 1.77. The van der Waals surface area contributed by atoms with Crippen LogP contribution in [0.15, 0.2) is 30.5 Å². The van der Waals surface area contributed by atoms with Gasteiger partial charge in [0.05, 0.1) is 39.2 Å². The summed E-state index contributed by atoms with van der Waals surface area (Å²) in [7, 11) is 3.34. The highest BCUT2D eigenvalue weighted by atomic mass is 16.5. The molecule has 0 radical (unpaired) electrons. The molecule has 1 atom stereocenters. The second kappa shape index (κ2) is 6.81. The number of H-pyrrole nitrogens is 1. The van der Waals surface area contributed by atoms with E-state index in [1.807, 2.05) is 18.2 Å². The first-order chi connectivity index (χ1) is 10.8. The van der Waals surface area contributed by atoms with Crippen LogP contribution in [0.2, 0.25) is 0 Å². The van der Waals surface area contributed by atoms with Crippen LogP contribution in [0.25, 0.3) is 0 Å². The van der Waals surface area contributed by atoms with Crippen LogP contribution in [0, 0.1) is 0 Å². The molecule has 0 spiro atoms. The molecule has 0 bridgehead atoms. The van der Waals surface area contributed by atoms with Crippen LogP contribution in [0.5, 0.6) is 11.5 Å². The zero-order valence-electron chi connectivity index (χ0n) is 12.9. The molecular formula is C16H21N3O3. The number of nitrogens with zero attached hydrogens (tertiary/aromatic N) is 2. The number of aromatic nitrogens is 2. The number of hydrogen-bond acceptors (Lipinski definition) is 5. The molecular weight excluding hydrogens is 282 g/mol. The Labute approximate surface area is 130 Å². The maximum Gasteiger partial charge on any atom is 0.127 e. The number of hydrogen-bond donors (Lipinski definition) is 1. The largest absolute Gasteiger partial charge is 0.497 e. The lowest BCUT2D eigenvalue weighted by Gasteiger charge is -2.35. The van der Waals surface area contributed by atoms with Gasteiger partial charge in [-0.25, -0.2) is 0 Å². The lowest BCUT2D eigenvalue weighted by Crippen LogP contribution is -2.39. The standard InChI is InChI=1S/C16H21N3O3/c1-20-13-4-3-12(16(9-13)21-2)10-19-7-8-22-11-15(19)14-5-6-17-18-14/h3-6,9,15H,7-8,10-11H2,1-2H3,(H,17,18)/t15-/m0/s1. The summed E-state index contributed by atoms with van der Waals surface area (Å²) < 4.78 is 16.4. The molecule has 0 saturated carbocycles. The van der Waals surface area contributed by atoms with Gasteiger partial charge >= 0.3 is 0 Å². The fraction of sp³-hybridized carbons (Fsp3) is 0.438. The number of nitrogens with one attached hydrogen (secondary N) is 1. The zero-order chi connectivity index (χ0) is 15.4. The van der Waals surface area contributed by atoms with Gasteiger partial charge in [0.15, 0.2) is 0 Å². The number of morpholine rings is 1. The molecule has 1 aromatic carbocycles. The van der Waals surface area contributed by atoms with Crippen molar-refractivity contribution < 1.29 is 14.2 Å². The van der Waals surface area contributed by atoms with Crippen LogP contribution in [0.3, 0.4) is 0 Å². The molecule has 1 N–H and O–H groups in total. The van der Waals surface area contributed by atoms with Gasteiger partial charge in [-0.1, -0.05) is 6.07 Å². The second-order valence-electron chi connectivity index (χ2n) is 5.25. The minimum Gasteiger partial charge on any atom is -0.497 e. The maximum absolute atomic E-state index is 5.63. The smallest absolute Gasteiger partial charge is 0.127 e. The van der Waals surface area contributed by atoms with Crippen LogP contribution < -0.4 is 9.47 Å². The lowest BCUT2D eigenvalue weighted by atomic mass is 10.1. The number of benzene rings is 1. The average molecular weight is 303 g/mol. The van der Waals surface area contributed by atoms with Crippen molar-refractivity contribution in [2.24, 2.45) is 0 Å². The van der Waals surface area contributed by atoms with E-state index in [1.165, 1.54) is 0 Å². The SMILES string of the molecule is COc1ccc(CN2CCOC[C@H]2c2ccn[nH]2)c(OC)c1. The molecule has 2 aromatic rings. The molecule has 0 aliphatic carbocycles. The third kappa shape index (κ3) is 3.08. The summed E-state index contributed by atoms with van der Waals surface area (Å²) in [6.45, 7) is 3.07. The molecule has 1 aromatic heterocycles. The van der Waals surface area contributed by atoms with Crippen LogP contribution in [-0.4, -0.2) is 49.1 Å². The minimum atomic E-state index is 0.183. The third-order valence-electron chi connectivity index (χ3n) is 3.99. The summed E-state index contributed by atoms with van der Waals surface area (Å²) in [6, 6.07) is 8.11. The highest BCUT2D eigenvalue weighted by molar-refractivity contribution is 5.40. The average Bonchev–Trinajstić information content (AvgIpc) is 3.10. The van der Waals surface area contributed by atoms with Crippen molar-refractivity contribution in [2.75, 3.05) is 34.0 Å². The third-order valence-corrected chi connectivity index (χ3v) is 3.99. The van der Waals surface area contributed by atoms with E-state index in [4.69, 9.17) is 14.2 Å². The number of ether oxygens (including phenoxy) is 3. The maximum atomic E-state index is 5.63. The van der Waals surface area contributed by atoms with E-state index < -0.39 is 0 Å². The summed E-state index contributed by atoms with van der Waals surface area (Å²) in [4.78, 5) is 2.38. The van der Waals surface area contributed by atoms with Crippen LogP contribution in [0.1, 0.15) is 17.3 Å². The van der Waals surface area contributed by atoms with Gasteiger partial charge in [0.25, 0.3) is 0 Å². The van der Waals surface area contributed by atoms with Gasteiger partial charge in [-0.2, -0.15) is 5.10 Å². The zero-order valence-corrected chi connectivity index (χ0v) is 12.9. The molecule has 1 saturated heterocycles. The molecule has 1 aliphatic heterocycles. The second-order valence-corrected chi connectivity index (χ2v) is 5.25. The number of methoxy groups -OCH3 is 2. The minimum absolute atomic E-state index is 0.183. The molecule has 3 rings (SSSR count).